The lowest BCUT2D eigenvalue weighted by molar-refractivity contribution is -0.323. The van der Waals surface area contributed by atoms with Crippen LogP contribution in [0.25, 0.3) is 0 Å². The summed E-state index contributed by atoms with van der Waals surface area (Å²) >= 11 is 0. The molecular formula is C58H93N3O21. The predicted molar refractivity (Wildman–Crippen MR) is 296 cm³/mol. The summed E-state index contributed by atoms with van der Waals surface area (Å²) in [6.45, 7) is 7.20. The van der Waals surface area contributed by atoms with Gasteiger partial charge in [-0.3, -0.25) is 9.59 Å². The van der Waals surface area contributed by atoms with Gasteiger partial charge in [-0.05, 0) is 40.2 Å². The van der Waals surface area contributed by atoms with E-state index in [1.165, 1.54) is 6.92 Å². The molecule has 0 aliphatic carbocycles. The van der Waals surface area contributed by atoms with Gasteiger partial charge in [-0.25, -0.2) is 0 Å². The molecule has 5 rings (SSSR count). The number of aliphatic hydroxyl groups excluding tert-OH is 12. The van der Waals surface area contributed by atoms with Gasteiger partial charge >= 0.3 is 5.97 Å². The molecule has 2 bridgehead atoms. The molecule has 0 aromatic heterocycles. The lowest BCUT2D eigenvalue weighted by Gasteiger charge is -2.48. The van der Waals surface area contributed by atoms with Crippen LogP contribution in [0.15, 0.2) is 85.1 Å². The maximum atomic E-state index is 14.5. The number of carbonyl (C=O) groups is 2. The maximum Gasteiger partial charge on any atom is 0.308 e. The van der Waals surface area contributed by atoms with Crippen molar-refractivity contribution in [3.63, 3.8) is 0 Å². The van der Waals surface area contributed by atoms with Gasteiger partial charge in [0.05, 0.1) is 98.7 Å². The first-order valence-electron chi connectivity index (χ1n) is 28.5. The van der Waals surface area contributed by atoms with E-state index in [1.54, 1.807) is 97.7 Å². The van der Waals surface area contributed by atoms with Gasteiger partial charge in [0.1, 0.15) is 30.5 Å². The molecule has 24 heteroatoms. The molecule has 0 spiro atoms. The largest absolute Gasteiger partial charge is 0.462 e. The molecule has 4 saturated heterocycles. The zero-order valence-corrected chi connectivity index (χ0v) is 47.6. The zero-order chi connectivity index (χ0) is 60.5. The summed E-state index contributed by atoms with van der Waals surface area (Å²) in [5, 5.41) is 157. The van der Waals surface area contributed by atoms with Crippen LogP contribution in [0.1, 0.15) is 79.1 Å². The lowest BCUT2D eigenvalue weighted by atomic mass is 9.81. The molecule has 82 heavy (non-hydrogen) atoms. The zero-order valence-electron chi connectivity index (χ0n) is 47.6. The highest BCUT2D eigenvalue weighted by molar-refractivity contribution is 5.80. The Morgan fingerprint density at radius 2 is 1.24 bits per heavy atom. The van der Waals surface area contributed by atoms with Gasteiger partial charge in [0.15, 0.2) is 12.1 Å². The van der Waals surface area contributed by atoms with Crippen LogP contribution in [0.2, 0.25) is 0 Å². The normalized spacial score (nSPS) is 45.6. The first kappa shape index (κ1) is 69.1. The van der Waals surface area contributed by atoms with Crippen LogP contribution in [0.3, 0.4) is 0 Å². The number of piperazine rings is 1. The molecule has 0 saturated carbocycles. The van der Waals surface area contributed by atoms with Crippen LogP contribution in [0, 0.1) is 17.8 Å². The predicted octanol–water partition coefficient (Wildman–Crippen LogP) is -2.17. The Labute approximate surface area is 480 Å². The highest BCUT2D eigenvalue weighted by atomic mass is 16.7. The number of aliphatic hydroxyl groups is 14. The third-order valence-corrected chi connectivity index (χ3v) is 16.1. The highest BCUT2D eigenvalue weighted by Gasteiger charge is 2.53. The summed E-state index contributed by atoms with van der Waals surface area (Å²) < 4.78 is 29.6. The molecule has 0 radical (unpaired) electrons. The molecule has 3 unspecified atom stereocenters. The second-order valence-electron chi connectivity index (χ2n) is 22.8. The van der Waals surface area contributed by atoms with E-state index >= 15 is 0 Å². The van der Waals surface area contributed by atoms with Crippen molar-refractivity contribution in [1.82, 2.24) is 15.1 Å². The second kappa shape index (κ2) is 32.7. The molecule has 0 aromatic rings. The van der Waals surface area contributed by atoms with Crippen LogP contribution in [-0.2, 0) is 33.3 Å². The van der Waals surface area contributed by atoms with Crippen LogP contribution < -0.4 is 5.32 Å². The minimum Gasteiger partial charge on any atom is -0.462 e. The van der Waals surface area contributed by atoms with Crippen LogP contribution in [0.5, 0.6) is 0 Å². The average molecular weight is 1170 g/mol. The summed E-state index contributed by atoms with van der Waals surface area (Å²) in [4.78, 5) is 30.9. The van der Waals surface area contributed by atoms with Crippen molar-refractivity contribution in [2.24, 2.45) is 17.8 Å². The topological polar surface area (TPSA) is 382 Å². The number of hydrogen-bond donors (Lipinski definition) is 15. The Kier molecular flexibility index (Phi) is 27.6. The smallest absolute Gasteiger partial charge is 0.308 e. The van der Waals surface area contributed by atoms with Crippen molar-refractivity contribution in [3.05, 3.63) is 85.1 Å². The SMILES string of the molecule is CC1[C@H](C)OC(=O)C[C@H](O)C[C@H](O)CC[C@@H](O)[C@H](O)C[C@H](O)C[C@]2(O)C[C@H](O)C(C(=O)N3CCN(C)CC3)C(C[C@@H](O[C@@H]3O[C@H](C)[C@@H](O)[C@H](NC[C@@]4(O)OC[C@@H](O)[C@@H](O)[C@@H]4O)[C@@H]3O)/C=C/C=C/C=C/C=C/C=C/C=C/C=C/[C@H](C)[C@H]1O)O2. The van der Waals surface area contributed by atoms with Crippen molar-refractivity contribution in [2.45, 2.75) is 201 Å². The molecule has 0 aromatic carbocycles. The number of nitrogens with one attached hydrogen (secondary N) is 1. The number of hydrogen-bond acceptors (Lipinski definition) is 23. The monoisotopic (exact) mass is 1170 g/mol. The van der Waals surface area contributed by atoms with Gasteiger partial charge in [-0.1, -0.05) is 98.9 Å². The van der Waals surface area contributed by atoms with Gasteiger partial charge in [0.25, 0.3) is 0 Å². The second-order valence-corrected chi connectivity index (χ2v) is 22.8. The Balaban J connectivity index is 1.43. The van der Waals surface area contributed by atoms with E-state index in [1.807, 2.05) is 24.9 Å². The summed E-state index contributed by atoms with van der Waals surface area (Å²) in [6.07, 6.45) is -2.63. The maximum absolute atomic E-state index is 14.5. The molecule has 5 aliphatic rings. The van der Waals surface area contributed by atoms with E-state index in [0.29, 0.717) is 26.2 Å². The van der Waals surface area contributed by atoms with Crippen LogP contribution in [-0.4, -0.2) is 261 Å². The fourth-order valence-corrected chi connectivity index (χ4v) is 10.7. The summed E-state index contributed by atoms with van der Waals surface area (Å²) in [5.41, 5.74) is 0. The molecule has 4 fully saturated rings. The van der Waals surface area contributed by atoms with Crippen molar-refractivity contribution < 1.29 is 105 Å². The fraction of sp³-hybridized carbons (Fsp3) is 0.724. The van der Waals surface area contributed by atoms with Gasteiger partial charge in [0.2, 0.25) is 11.7 Å². The molecular weight excluding hydrogens is 1070 g/mol. The highest BCUT2D eigenvalue weighted by Crippen LogP contribution is 2.39. The van der Waals surface area contributed by atoms with E-state index in [2.05, 4.69) is 5.32 Å². The first-order chi connectivity index (χ1) is 38.7. The minimum absolute atomic E-state index is 0.124. The quantitative estimate of drug-likeness (QED) is 0.126. The number of nitrogens with zero attached hydrogens (tertiary/aromatic N) is 2. The number of cyclic esters (lactones) is 1. The summed E-state index contributed by atoms with van der Waals surface area (Å²) in [6, 6.07) is -1.33. The van der Waals surface area contributed by atoms with E-state index in [4.69, 9.17) is 23.7 Å². The molecule has 5 aliphatic heterocycles. The number of ether oxygens (including phenoxy) is 5. The molecule has 15 N–H and O–H groups in total. The molecule has 1 amide bonds. The van der Waals surface area contributed by atoms with Gasteiger partial charge < -0.3 is 110 Å². The molecule has 23 atom stereocenters. The lowest BCUT2D eigenvalue weighted by Crippen LogP contribution is -2.69. The van der Waals surface area contributed by atoms with Crippen LogP contribution in [0.4, 0.5) is 0 Å². The molecule has 5 heterocycles. The number of likely N-dealkylation sites (N-methyl/N-ethyl adjacent to an activating group) is 1. The van der Waals surface area contributed by atoms with E-state index in [-0.39, 0.29) is 31.6 Å². The number of rotatable bonds is 6. The third kappa shape index (κ3) is 20.5. The Bertz CT molecular complexity index is 2170. The minimum atomic E-state index is -2.46. The molecule has 24 nitrogen and oxygen atoms in total. The number of allylic oxidation sites excluding steroid dienone is 12. The Morgan fingerprint density at radius 3 is 1.87 bits per heavy atom. The van der Waals surface area contributed by atoms with Crippen molar-refractivity contribution in [3.8, 4) is 0 Å². The van der Waals surface area contributed by atoms with Gasteiger partial charge in [-0.15, -0.1) is 0 Å². The van der Waals surface area contributed by atoms with Gasteiger partial charge in [-0.2, -0.15) is 0 Å². The van der Waals surface area contributed by atoms with Crippen molar-refractivity contribution in [2.75, 3.05) is 46.4 Å². The number of esters is 1. The van der Waals surface area contributed by atoms with Crippen molar-refractivity contribution in [1.29, 1.82) is 0 Å². The van der Waals surface area contributed by atoms with Gasteiger partial charge in [0, 0.05) is 63.7 Å². The Morgan fingerprint density at radius 1 is 0.646 bits per heavy atom. The third-order valence-electron chi connectivity index (χ3n) is 16.1. The van der Waals surface area contributed by atoms with Crippen molar-refractivity contribution >= 4 is 11.9 Å². The van der Waals surface area contributed by atoms with E-state index in [0.717, 1.165) is 0 Å². The number of fused-ring (bicyclic) bond motifs is 2. The molecule has 466 valence electrons. The summed E-state index contributed by atoms with van der Waals surface area (Å²) in [5.74, 6) is -8.12. The average Bonchev–Trinajstić information content (AvgIpc) is 3.58. The number of carbonyl (C=O) groups excluding carboxylic acids is 2. The van der Waals surface area contributed by atoms with Crippen LogP contribution >= 0.6 is 0 Å². The Hall–Kier alpha value is -3.68. The fourth-order valence-electron chi connectivity index (χ4n) is 10.7. The van der Waals surface area contributed by atoms with E-state index < -0.39 is 184 Å². The summed E-state index contributed by atoms with van der Waals surface area (Å²) in [7, 11) is 1.90. The first-order valence-corrected chi connectivity index (χ1v) is 28.5. The van der Waals surface area contributed by atoms with E-state index in [9.17, 15) is 81.1 Å². The number of amides is 1. The standard InChI is InChI=1S/C58H93N3O21/c1-34-18-16-14-12-10-8-6-7-9-11-13-15-17-19-41(81-56-53(73)49(51(71)37(4)80-56)59-33-58(77)54(74)52(72)45(68)32-78-58)29-46-48(55(75)61-24-22-60(5)23-25-61)44(67)31-57(76,82-46)30-40(64)27-43(66)42(65)21-20-38(62)26-39(63)28-47(69)79-36(3)35(2)50(34)70/h6-19,34-46,48-54,56,59,62-68,70-74,76-77H,20-33H2,1-5H3/b7-6+,10-8+,11-9+,14-12+,15-13+,18-16+,19-17+/t34-,35?,36-,37+,38+,39+,40-,41-,42+,43+,44-,45+,46?,48?,49-,50+,51+,52+,53-,54-,56-,57+,58+/m0/s1.